The fourth-order valence-corrected chi connectivity index (χ4v) is 1.67. The summed E-state index contributed by atoms with van der Waals surface area (Å²) >= 11 is 0. The molecule has 1 unspecified atom stereocenters. The van der Waals surface area contributed by atoms with Crippen LogP contribution in [0.25, 0.3) is 0 Å². The predicted octanol–water partition coefficient (Wildman–Crippen LogP) is -1.48. The Hall–Kier alpha value is -0.730. The smallest absolute Gasteiger partial charge is 0.308 e. The predicted molar refractivity (Wildman–Crippen MR) is 59.4 cm³/mol. The van der Waals surface area contributed by atoms with E-state index in [1.807, 2.05) is 6.92 Å². The molecule has 1 aliphatic rings. The molecular formula is C11H20O7. The minimum Gasteiger partial charge on any atom is -0.433 e. The summed E-state index contributed by atoms with van der Waals surface area (Å²) < 4.78 is 9.89. The van der Waals surface area contributed by atoms with Crippen molar-refractivity contribution < 1.29 is 34.7 Å². The highest BCUT2D eigenvalue weighted by Crippen LogP contribution is 2.22. The first-order valence-corrected chi connectivity index (χ1v) is 6.01. The number of ether oxygens (including phenoxy) is 2. The molecule has 1 heterocycles. The van der Waals surface area contributed by atoms with Crippen LogP contribution in [0.1, 0.15) is 26.2 Å². The van der Waals surface area contributed by atoms with Crippen molar-refractivity contribution in [1.29, 1.82) is 0 Å². The average Bonchev–Trinajstić information content (AvgIpc) is 2.37. The van der Waals surface area contributed by atoms with Gasteiger partial charge in [0.1, 0.15) is 24.4 Å². The zero-order valence-electron chi connectivity index (χ0n) is 10.2. The summed E-state index contributed by atoms with van der Waals surface area (Å²) in [6.07, 6.45) is -5.29. The number of rotatable bonds is 5. The normalized spacial score (nSPS) is 36.4. The van der Waals surface area contributed by atoms with Gasteiger partial charge in [-0.2, -0.15) is 0 Å². The second-order valence-electron chi connectivity index (χ2n) is 4.29. The Balaban J connectivity index is 2.56. The number of carbonyl (C=O) groups excluding carboxylic acids is 1. The van der Waals surface area contributed by atoms with Gasteiger partial charge in [0.05, 0.1) is 6.61 Å². The number of aliphatic hydroxyl groups is 4. The molecule has 1 aliphatic heterocycles. The lowest BCUT2D eigenvalue weighted by Gasteiger charge is -2.39. The summed E-state index contributed by atoms with van der Waals surface area (Å²) in [4.78, 5) is 11.4. The highest BCUT2D eigenvalue weighted by atomic mass is 16.7. The topological polar surface area (TPSA) is 116 Å². The van der Waals surface area contributed by atoms with Crippen molar-refractivity contribution in [3.8, 4) is 0 Å². The Labute approximate surface area is 105 Å². The molecule has 0 aromatic heterocycles. The van der Waals surface area contributed by atoms with Crippen molar-refractivity contribution in [2.24, 2.45) is 0 Å². The van der Waals surface area contributed by atoms with E-state index in [-0.39, 0.29) is 6.42 Å². The van der Waals surface area contributed by atoms with E-state index in [0.29, 0.717) is 6.42 Å². The molecule has 0 aromatic rings. The first kappa shape index (κ1) is 15.3. The molecule has 0 bridgehead atoms. The minimum absolute atomic E-state index is 0.186. The summed E-state index contributed by atoms with van der Waals surface area (Å²) in [6.45, 7) is 1.37. The van der Waals surface area contributed by atoms with Crippen LogP contribution in [-0.4, -0.2) is 63.7 Å². The lowest BCUT2D eigenvalue weighted by Crippen LogP contribution is -2.59. The lowest BCUT2D eigenvalue weighted by atomic mass is 9.99. The third kappa shape index (κ3) is 3.63. The van der Waals surface area contributed by atoms with Crippen LogP contribution in [-0.2, 0) is 14.3 Å². The number of hydrogen-bond donors (Lipinski definition) is 4. The molecule has 7 nitrogen and oxygen atoms in total. The number of esters is 1. The van der Waals surface area contributed by atoms with Crippen LogP contribution in [0.2, 0.25) is 0 Å². The SMILES string of the molecule is CCCCC(=O)OC1O[C@H](CO)[C@@H](O)[C@H](O)[C@H]1O. The standard InChI is InChI=1S/C11H20O7/c1-2-3-4-7(13)18-11-10(16)9(15)8(14)6(5-12)17-11/h6,8-12,14-16H,2-5H2,1H3/t6-,8-,9+,10-,11?/m1/s1. The Bertz CT molecular complexity index is 268. The van der Waals surface area contributed by atoms with E-state index in [9.17, 15) is 20.1 Å². The van der Waals surface area contributed by atoms with Crippen molar-refractivity contribution in [1.82, 2.24) is 0 Å². The van der Waals surface area contributed by atoms with Crippen LogP contribution >= 0.6 is 0 Å². The summed E-state index contributed by atoms with van der Waals surface area (Å²) in [6, 6.07) is 0. The lowest BCUT2D eigenvalue weighted by molar-refractivity contribution is -0.292. The Morgan fingerprint density at radius 3 is 2.44 bits per heavy atom. The molecule has 1 saturated heterocycles. The molecule has 0 aliphatic carbocycles. The fraction of sp³-hybridized carbons (Fsp3) is 0.909. The van der Waals surface area contributed by atoms with Gasteiger partial charge in [0.2, 0.25) is 6.29 Å². The average molecular weight is 264 g/mol. The number of aliphatic hydroxyl groups excluding tert-OH is 4. The van der Waals surface area contributed by atoms with Gasteiger partial charge in [-0.1, -0.05) is 13.3 Å². The van der Waals surface area contributed by atoms with E-state index in [2.05, 4.69) is 0 Å². The maximum Gasteiger partial charge on any atom is 0.308 e. The van der Waals surface area contributed by atoms with Crippen LogP contribution in [0.3, 0.4) is 0 Å². The Morgan fingerprint density at radius 2 is 1.89 bits per heavy atom. The van der Waals surface area contributed by atoms with E-state index in [4.69, 9.17) is 14.6 Å². The number of carbonyl (C=O) groups is 1. The van der Waals surface area contributed by atoms with Gasteiger partial charge in [-0.3, -0.25) is 4.79 Å². The fourth-order valence-electron chi connectivity index (χ4n) is 1.67. The summed E-state index contributed by atoms with van der Waals surface area (Å²) in [5, 5.41) is 37.5. The van der Waals surface area contributed by atoms with Crippen LogP contribution < -0.4 is 0 Å². The molecule has 4 N–H and O–H groups in total. The van der Waals surface area contributed by atoms with Gasteiger partial charge < -0.3 is 29.9 Å². The van der Waals surface area contributed by atoms with Crippen molar-refractivity contribution >= 4 is 5.97 Å². The highest BCUT2D eigenvalue weighted by molar-refractivity contribution is 5.69. The van der Waals surface area contributed by atoms with Gasteiger partial charge >= 0.3 is 5.97 Å². The zero-order chi connectivity index (χ0) is 13.7. The minimum atomic E-state index is -1.53. The van der Waals surface area contributed by atoms with Crippen molar-refractivity contribution in [2.75, 3.05) is 6.61 Å². The van der Waals surface area contributed by atoms with Gasteiger partial charge in [0, 0.05) is 6.42 Å². The molecule has 1 fully saturated rings. The van der Waals surface area contributed by atoms with Crippen LogP contribution in [0.4, 0.5) is 0 Å². The molecule has 5 atom stereocenters. The summed E-state index contributed by atoms with van der Waals surface area (Å²) in [5.41, 5.74) is 0. The third-order valence-corrected chi connectivity index (χ3v) is 2.83. The first-order chi connectivity index (χ1) is 8.51. The first-order valence-electron chi connectivity index (χ1n) is 6.01. The van der Waals surface area contributed by atoms with E-state index >= 15 is 0 Å². The van der Waals surface area contributed by atoms with Crippen LogP contribution in [0, 0.1) is 0 Å². The van der Waals surface area contributed by atoms with E-state index in [0.717, 1.165) is 6.42 Å². The van der Waals surface area contributed by atoms with Crippen molar-refractivity contribution in [3.05, 3.63) is 0 Å². The van der Waals surface area contributed by atoms with Gasteiger partial charge in [-0.05, 0) is 6.42 Å². The van der Waals surface area contributed by atoms with Crippen LogP contribution in [0.15, 0.2) is 0 Å². The monoisotopic (exact) mass is 264 g/mol. The van der Waals surface area contributed by atoms with E-state index in [1.165, 1.54) is 0 Å². The molecule has 0 aromatic carbocycles. The Kier molecular flexibility index (Phi) is 5.97. The van der Waals surface area contributed by atoms with E-state index in [1.54, 1.807) is 0 Å². The van der Waals surface area contributed by atoms with Gasteiger partial charge in [-0.15, -0.1) is 0 Å². The number of hydrogen-bond acceptors (Lipinski definition) is 7. The molecule has 0 spiro atoms. The summed E-state index contributed by atoms with van der Waals surface area (Å²) in [5.74, 6) is -0.554. The van der Waals surface area contributed by atoms with Crippen molar-refractivity contribution in [3.63, 3.8) is 0 Å². The molecule has 7 heteroatoms. The molecule has 0 amide bonds. The third-order valence-electron chi connectivity index (χ3n) is 2.83. The maximum absolute atomic E-state index is 11.4. The molecule has 106 valence electrons. The molecule has 1 rings (SSSR count). The molecule has 0 saturated carbocycles. The number of unbranched alkanes of at least 4 members (excludes halogenated alkanes) is 1. The highest BCUT2D eigenvalue weighted by Gasteiger charge is 2.45. The van der Waals surface area contributed by atoms with Crippen molar-refractivity contribution in [2.45, 2.75) is 56.9 Å². The van der Waals surface area contributed by atoms with Crippen LogP contribution in [0.5, 0.6) is 0 Å². The van der Waals surface area contributed by atoms with Gasteiger partial charge in [-0.25, -0.2) is 0 Å². The Morgan fingerprint density at radius 1 is 1.22 bits per heavy atom. The second kappa shape index (κ2) is 7.01. The quantitative estimate of drug-likeness (QED) is 0.447. The zero-order valence-corrected chi connectivity index (χ0v) is 10.2. The summed E-state index contributed by atoms with van der Waals surface area (Å²) in [7, 11) is 0. The molecular weight excluding hydrogens is 244 g/mol. The van der Waals surface area contributed by atoms with E-state index < -0.39 is 43.3 Å². The van der Waals surface area contributed by atoms with Gasteiger partial charge in [0.15, 0.2) is 0 Å². The second-order valence-corrected chi connectivity index (χ2v) is 4.29. The molecule has 0 radical (unpaired) electrons. The molecule has 18 heavy (non-hydrogen) atoms. The largest absolute Gasteiger partial charge is 0.433 e. The van der Waals surface area contributed by atoms with Gasteiger partial charge in [0.25, 0.3) is 0 Å². The maximum atomic E-state index is 11.4.